The molecule has 0 aliphatic heterocycles. The minimum absolute atomic E-state index is 0.00813. The molecule has 1 N–H and O–H groups in total. The van der Waals surface area contributed by atoms with Crippen LogP contribution in [0.25, 0.3) is 0 Å². The average Bonchev–Trinajstić information content (AvgIpc) is 2.38. The first-order valence-corrected chi connectivity index (χ1v) is 6.68. The summed E-state index contributed by atoms with van der Waals surface area (Å²) in [6.07, 6.45) is -1.04. The summed E-state index contributed by atoms with van der Waals surface area (Å²) in [5.41, 5.74) is 1.66. The highest BCUT2D eigenvalue weighted by molar-refractivity contribution is 5.41. The maximum absolute atomic E-state index is 14.0. The third-order valence-electron chi connectivity index (χ3n) is 3.03. The maximum atomic E-state index is 14.0. The van der Waals surface area contributed by atoms with Gasteiger partial charge in [0.05, 0.1) is 6.10 Å². The van der Waals surface area contributed by atoms with E-state index in [4.69, 9.17) is 4.74 Å². The Hall–Kier alpha value is -1.87. The Bertz CT molecular complexity index is 593. The van der Waals surface area contributed by atoms with Crippen molar-refractivity contribution in [3.63, 3.8) is 0 Å². The summed E-state index contributed by atoms with van der Waals surface area (Å²) in [6.45, 7) is 5.64. The quantitative estimate of drug-likeness (QED) is 0.913. The molecule has 2 aromatic rings. The Labute approximate surface area is 118 Å². The first-order chi connectivity index (χ1) is 9.49. The molecule has 2 rings (SSSR count). The molecule has 20 heavy (non-hydrogen) atoms. The highest BCUT2D eigenvalue weighted by Gasteiger charge is 2.19. The van der Waals surface area contributed by atoms with Gasteiger partial charge in [0.2, 0.25) is 0 Å². The summed E-state index contributed by atoms with van der Waals surface area (Å²) in [4.78, 5) is 0. The summed E-state index contributed by atoms with van der Waals surface area (Å²) in [5.74, 6) is 0.173. The zero-order chi connectivity index (χ0) is 14.7. The summed E-state index contributed by atoms with van der Waals surface area (Å²) in [5, 5.41) is 10.4. The van der Waals surface area contributed by atoms with E-state index in [0.29, 0.717) is 11.3 Å². The zero-order valence-electron chi connectivity index (χ0n) is 11.9. The van der Waals surface area contributed by atoms with E-state index in [1.165, 1.54) is 6.07 Å². The van der Waals surface area contributed by atoms with Crippen LogP contribution in [0.5, 0.6) is 5.75 Å². The Kier molecular flexibility index (Phi) is 4.40. The van der Waals surface area contributed by atoms with Crippen molar-refractivity contribution >= 4 is 0 Å². The van der Waals surface area contributed by atoms with Gasteiger partial charge in [-0.3, -0.25) is 0 Å². The van der Waals surface area contributed by atoms with E-state index in [2.05, 4.69) is 0 Å². The van der Waals surface area contributed by atoms with E-state index in [9.17, 15) is 9.50 Å². The lowest BCUT2D eigenvalue weighted by Crippen LogP contribution is -2.10. The predicted molar refractivity (Wildman–Crippen MR) is 77.4 cm³/mol. The van der Waals surface area contributed by atoms with E-state index in [1.54, 1.807) is 30.3 Å². The van der Waals surface area contributed by atoms with Crippen LogP contribution in [0.1, 0.15) is 36.6 Å². The summed E-state index contributed by atoms with van der Waals surface area (Å²) in [7, 11) is 0. The smallest absolute Gasteiger partial charge is 0.129 e. The second-order valence-corrected chi connectivity index (χ2v) is 5.13. The molecule has 0 saturated heterocycles. The lowest BCUT2D eigenvalue weighted by molar-refractivity contribution is 0.194. The van der Waals surface area contributed by atoms with Gasteiger partial charge in [-0.15, -0.1) is 0 Å². The van der Waals surface area contributed by atoms with E-state index >= 15 is 0 Å². The van der Waals surface area contributed by atoms with Gasteiger partial charge in [-0.1, -0.05) is 30.3 Å². The van der Waals surface area contributed by atoms with Crippen LogP contribution in [0.4, 0.5) is 4.39 Å². The van der Waals surface area contributed by atoms with Crippen LogP contribution in [0.3, 0.4) is 0 Å². The third kappa shape index (κ3) is 3.17. The average molecular weight is 274 g/mol. The molecule has 2 nitrogen and oxygen atoms in total. The van der Waals surface area contributed by atoms with Crippen molar-refractivity contribution in [1.29, 1.82) is 0 Å². The summed E-state index contributed by atoms with van der Waals surface area (Å²) in [6, 6.07) is 12.0. The maximum Gasteiger partial charge on any atom is 0.129 e. The van der Waals surface area contributed by atoms with Crippen LogP contribution >= 0.6 is 0 Å². The number of para-hydroxylation sites is 1. The van der Waals surface area contributed by atoms with Gasteiger partial charge in [0, 0.05) is 11.1 Å². The van der Waals surface area contributed by atoms with Crippen molar-refractivity contribution in [2.24, 2.45) is 0 Å². The number of rotatable bonds is 4. The topological polar surface area (TPSA) is 29.5 Å². The Morgan fingerprint density at radius 1 is 1.05 bits per heavy atom. The number of hydrogen-bond acceptors (Lipinski definition) is 2. The molecule has 0 aromatic heterocycles. The molecule has 0 amide bonds. The molecule has 1 atom stereocenters. The molecule has 0 radical (unpaired) electrons. The van der Waals surface area contributed by atoms with Crippen LogP contribution in [-0.4, -0.2) is 11.2 Å². The Morgan fingerprint density at radius 3 is 2.40 bits per heavy atom. The number of ether oxygens (including phenoxy) is 1. The lowest BCUT2D eigenvalue weighted by Gasteiger charge is -2.18. The Morgan fingerprint density at radius 2 is 1.75 bits per heavy atom. The van der Waals surface area contributed by atoms with Crippen molar-refractivity contribution in [1.82, 2.24) is 0 Å². The number of aryl methyl sites for hydroxylation is 1. The predicted octanol–water partition coefficient (Wildman–Crippen LogP) is 4.00. The molecule has 0 bridgehead atoms. The molecule has 2 aromatic carbocycles. The standard InChI is InChI=1S/C17H19FO2/c1-11(2)20-16-7-5-4-6-14(16)17(19)13-9-8-12(3)10-15(13)18/h4-11,17,19H,1-3H3. The van der Waals surface area contributed by atoms with Crippen LogP contribution in [0.15, 0.2) is 42.5 Å². The van der Waals surface area contributed by atoms with Crippen molar-refractivity contribution in [3.8, 4) is 5.75 Å². The van der Waals surface area contributed by atoms with Gasteiger partial charge in [0.1, 0.15) is 17.7 Å². The van der Waals surface area contributed by atoms with Crippen molar-refractivity contribution in [2.45, 2.75) is 33.0 Å². The third-order valence-corrected chi connectivity index (χ3v) is 3.03. The normalized spacial score (nSPS) is 12.5. The van der Waals surface area contributed by atoms with E-state index in [0.717, 1.165) is 5.56 Å². The molecule has 1 unspecified atom stereocenters. The monoisotopic (exact) mass is 274 g/mol. The number of aliphatic hydroxyl groups excluding tert-OH is 1. The van der Waals surface area contributed by atoms with E-state index < -0.39 is 11.9 Å². The van der Waals surface area contributed by atoms with Gasteiger partial charge >= 0.3 is 0 Å². The van der Waals surface area contributed by atoms with Gasteiger partial charge in [0.25, 0.3) is 0 Å². The number of aliphatic hydroxyl groups is 1. The van der Waals surface area contributed by atoms with Crippen molar-refractivity contribution in [3.05, 3.63) is 65.0 Å². The van der Waals surface area contributed by atoms with Crippen LogP contribution in [0, 0.1) is 12.7 Å². The van der Waals surface area contributed by atoms with Crippen LogP contribution < -0.4 is 4.74 Å². The second-order valence-electron chi connectivity index (χ2n) is 5.13. The molecule has 0 saturated carbocycles. The fraction of sp³-hybridized carbons (Fsp3) is 0.294. The molecular weight excluding hydrogens is 255 g/mol. The molecule has 0 heterocycles. The van der Waals surface area contributed by atoms with Gasteiger partial charge < -0.3 is 9.84 Å². The first-order valence-electron chi connectivity index (χ1n) is 6.68. The number of hydrogen-bond donors (Lipinski definition) is 1. The van der Waals surface area contributed by atoms with Crippen LogP contribution in [-0.2, 0) is 0 Å². The highest BCUT2D eigenvalue weighted by Crippen LogP contribution is 2.31. The van der Waals surface area contributed by atoms with Crippen LogP contribution in [0.2, 0.25) is 0 Å². The van der Waals surface area contributed by atoms with Crippen molar-refractivity contribution < 1.29 is 14.2 Å². The summed E-state index contributed by atoms with van der Waals surface area (Å²) >= 11 is 0. The highest BCUT2D eigenvalue weighted by atomic mass is 19.1. The zero-order valence-corrected chi connectivity index (χ0v) is 11.9. The van der Waals surface area contributed by atoms with Gasteiger partial charge in [-0.2, -0.15) is 0 Å². The van der Waals surface area contributed by atoms with Gasteiger partial charge in [-0.25, -0.2) is 4.39 Å². The Balaban J connectivity index is 2.40. The second kappa shape index (κ2) is 6.06. The van der Waals surface area contributed by atoms with E-state index in [-0.39, 0.29) is 11.7 Å². The number of halogens is 1. The SMILES string of the molecule is Cc1ccc(C(O)c2ccccc2OC(C)C)c(F)c1. The van der Waals surface area contributed by atoms with Gasteiger partial charge in [0.15, 0.2) is 0 Å². The largest absolute Gasteiger partial charge is 0.491 e. The fourth-order valence-electron chi connectivity index (χ4n) is 2.09. The minimum Gasteiger partial charge on any atom is -0.491 e. The molecule has 0 spiro atoms. The van der Waals surface area contributed by atoms with Gasteiger partial charge in [-0.05, 0) is 38.5 Å². The molecule has 0 aliphatic rings. The van der Waals surface area contributed by atoms with E-state index in [1.807, 2.05) is 26.8 Å². The lowest BCUT2D eigenvalue weighted by atomic mass is 9.99. The molecule has 3 heteroatoms. The minimum atomic E-state index is -1.04. The molecular formula is C17H19FO2. The summed E-state index contributed by atoms with van der Waals surface area (Å²) < 4.78 is 19.6. The molecule has 0 aliphatic carbocycles. The first kappa shape index (κ1) is 14.5. The number of benzene rings is 2. The molecule has 0 fully saturated rings. The molecule has 106 valence electrons. The fourth-order valence-corrected chi connectivity index (χ4v) is 2.09. The van der Waals surface area contributed by atoms with Crippen molar-refractivity contribution in [2.75, 3.05) is 0 Å².